The molecule has 1 aliphatic rings. The second kappa shape index (κ2) is 3.78. The second-order valence-electron chi connectivity index (χ2n) is 3.46. The van der Waals surface area contributed by atoms with Gasteiger partial charge in [0.25, 0.3) is 0 Å². The number of hydrogen-bond donors (Lipinski definition) is 0. The predicted molar refractivity (Wildman–Crippen MR) is 49.8 cm³/mol. The highest BCUT2D eigenvalue weighted by molar-refractivity contribution is 5.89. The van der Waals surface area contributed by atoms with Crippen molar-refractivity contribution in [2.75, 3.05) is 0 Å². The Morgan fingerprint density at radius 3 is 2.50 bits per heavy atom. The normalized spacial score (nSPS) is 25.2. The molecule has 14 heavy (non-hydrogen) atoms. The Hall–Kier alpha value is -1.38. The summed E-state index contributed by atoms with van der Waals surface area (Å²) < 4.78 is 17.5. The minimum Gasteiger partial charge on any atom is -0.459 e. The first-order valence-corrected chi connectivity index (χ1v) is 4.66. The van der Waals surface area contributed by atoms with Gasteiger partial charge in [-0.05, 0) is 12.1 Å². The van der Waals surface area contributed by atoms with Gasteiger partial charge in [-0.15, -0.1) is 0 Å². The molecule has 0 radical (unpaired) electrons. The topological polar surface area (TPSA) is 26.3 Å². The zero-order valence-electron chi connectivity index (χ0n) is 7.65. The molecule has 0 aromatic heterocycles. The van der Waals surface area contributed by atoms with Crippen LogP contribution in [0.25, 0.3) is 0 Å². The van der Waals surface area contributed by atoms with E-state index in [1.165, 1.54) is 0 Å². The van der Waals surface area contributed by atoms with Crippen LogP contribution in [-0.2, 0) is 4.74 Å². The highest BCUT2D eigenvalue weighted by atomic mass is 19.1. The molecule has 1 fully saturated rings. The maximum Gasteiger partial charge on any atom is 0.338 e. The van der Waals surface area contributed by atoms with Gasteiger partial charge < -0.3 is 4.74 Å². The van der Waals surface area contributed by atoms with Crippen LogP contribution in [0.1, 0.15) is 23.2 Å². The number of halogens is 1. The largest absolute Gasteiger partial charge is 0.459 e. The van der Waals surface area contributed by atoms with Gasteiger partial charge in [0.2, 0.25) is 0 Å². The molecule has 0 saturated heterocycles. The monoisotopic (exact) mass is 194 g/mol. The molecule has 2 nitrogen and oxygen atoms in total. The summed E-state index contributed by atoms with van der Waals surface area (Å²) in [5.74, 6) is -0.359. The van der Waals surface area contributed by atoms with Gasteiger partial charge in [0.1, 0.15) is 12.3 Å². The van der Waals surface area contributed by atoms with Crippen LogP contribution in [0.2, 0.25) is 0 Å². The molecule has 3 heteroatoms. The second-order valence-corrected chi connectivity index (χ2v) is 3.46. The molecule has 0 heterocycles. The van der Waals surface area contributed by atoms with Crippen molar-refractivity contribution in [1.82, 2.24) is 0 Å². The summed E-state index contributed by atoms with van der Waals surface area (Å²) in [6.45, 7) is 0. The van der Waals surface area contributed by atoms with Gasteiger partial charge in [-0.25, -0.2) is 9.18 Å². The standard InChI is InChI=1S/C11H11FO2/c12-9-6-10(7-9)14-11(13)8-4-2-1-3-5-8/h1-5,9-10H,6-7H2. The summed E-state index contributed by atoms with van der Waals surface area (Å²) in [4.78, 5) is 11.4. The Morgan fingerprint density at radius 2 is 1.93 bits per heavy atom. The first-order valence-electron chi connectivity index (χ1n) is 4.66. The number of esters is 1. The molecule has 0 amide bonds. The number of hydrogen-bond acceptors (Lipinski definition) is 2. The minimum absolute atomic E-state index is 0.224. The van der Waals surface area contributed by atoms with Crippen LogP contribution >= 0.6 is 0 Å². The SMILES string of the molecule is O=C(OC1CC(F)C1)c1ccccc1. The molecule has 0 spiro atoms. The smallest absolute Gasteiger partial charge is 0.338 e. The van der Waals surface area contributed by atoms with Crippen molar-refractivity contribution in [3.63, 3.8) is 0 Å². The number of carbonyl (C=O) groups excluding carboxylic acids is 1. The van der Waals surface area contributed by atoms with Crippen LogP contribution < -0.4 is 0 Å². The molecular weight excluding hydrogens is 183 g/mol. The Labute approximate surface area is 81.7 Å². The summed E-state index contributed by atoms with van der Waals surface area (Å²) in [6, 6.07) is 8.75. The van der Waals surface area contributed by atoms with Gasteiger partial charge in [-0.2, -0.15) is 0 Å². The lowest BCUT2D eigenvalue weighted by Crippen LogP contribution is -2.34. The molecule has 1 aliphatic carbocycles. The van der Waals surface area contributed by atoms with Crippen LogP contribution in [0.3, 0.4) is 0 Å². The quantitative estimate of drug-likeness (QED) is 0.675. The van der Waals surface area contributed by atoms with E-state index >= 15 is 0 Å². The number of carbonyl (C=O) groups is 1. The zero-order valence-corrected chi connectivity index (χ0v) is 7.65. The van der Waals surface area contributed by atoms with E-state index in [4.69, 9.17) is 4.74 Å². The lowest BCUT2D eigenvalue weighted by Gasteiger charge is -2.28. The Kier molecular flexibility index (Phi) is 2.48. The van der Waals surface area contributed by atoms with E-state index in [2.05, 4.69) is 0 Å². The third-order valence-electron chi connectivity index (χ3n) is 2.32. The van der Waals surface area contributed by atoms with Crippen molar-refractivity contribution in [3.05, 3.63) is 35.9 Å². The van der Waals surface area contributed by atoms with Crippen molar-refractivity contribution in [2.45, 2.75) is 25.1 Å². The van der Waals surface area contributed by atoms with Gasteiger partial charge in [0, 0.05) is 12.8 Å². The maximum absolute atomic E-state index is 12.4. The number of ether oxygens (including phenoxy) is 1. The van der Waals surface area contributed by atoms with E-state index < -0.39 is 6.17 Å². The van der Waals surface area contributed by atoms with Gasteiger partial charge in [0.05, 0.1) is 5.56 Å². The van der Waals surface area contributed by atoms with E-state index in [0.29, 0.717) is 18.4 Å². The Bertz CT molecular complexity index is 317. The summed E-state index contributed by atoms with van der Waals surface area (Å²) in [5, 5.41) is 0. The highest BCUT2D eigenvalue weighted by Crippen LogP contribution is 2.26. The summed E-state index contributed by atoms with van der Waals surface area (Å²) >= 11 is 0. The average molecular weight is 194 g/mol. The number of rotatable bonds is 2. The maximum atomic E-state index is 12.4. The lowest BCUT2D eigenvalue weighted by molar-refractivity contribution is -0.0193. The van der Waals surface area contributed by atoms with E-state index in [9.17, 15) is 9.18 Å². The van der Waals surface area contributed by atoms with Crippen molar-refractivity contribution in [3.8, 4) is 0 Å². The summed E-state index contributed by atoms with van der Waals surface area (Å²) in [7, 11) is 0. The first kappa shape index (κ1) is 9.19. The molecule has 74 valence electrons. The van der Waals surface area contributed by atoms with Gasteiger partial charge in [0.15, 0.2) is 0 Å². The minimum atomic E-state index is -0.788. The van der Waals surface area contributed by atoms with Crippen LogP contribution in [-0.4, -0.2) is 18.2 Å². The van der Waals surface area contributed by atoms with Crippen molar-refractivity contribution in [2.24, 2.45) is 0 Å². The summed E-state index contributed by atoms with van der Waals surface area (Å²) in [5.41, 5.74) is 0.523. The fourth-order valence-corrected chi connectivity index (χ4v) is 1.39. The van der Waals surface area contributed by atoms with Crippen molar-refractivity contribution < 1.29 is 13.9 Å². The Balaban J connectivity index is 1.90. The molecule has 1 aromatic rings. The molecule has 0 N–H and O–H groups in total. The van der Waals surface area contributed by atoms with E-state index in [1.807, 2.05) is 6.07 Å². The highest BCUT2D eigenvalue weighted by Gasteiger charge is 2.32. The third kappa shape index (κ3) is 1.92. The van der Waals surface area contributed by atoms with Crippen LogP contribution in [0.5, 0.6) is 0 Å². The number of benzene rings is 1. The molecule has 0 unspecified atom stereocenters. The van der Waals surface area contributed by atoms with E-state index in [0.717, 1.165) is 0 Å². The van der Waals surface area contributed by atoms with Crippen molar-refractivity contribution >= 4 is 5.97 Å². The Morgan fingerprint density at radius 1 is 1.29 bits per heavy atom. The van der Waals surface area contributed by atoms with Crippen LogP contribution in [0.15, 0.2) is 30.3 Å². The number of alkyl halides is 1. The lowest BCUT2D eigenvalue weighted by atomic mass is 9.93. The zero-order chi connectivity index (χ0) is 9.97. The van der Waals surface area contributed by atoms with Gasteiger partial charge >= 0.3 is 5.97 Å². The molecule has 1 aromatic carbocycles. The average Bonchev–Trinajstić information content (AvgIpc) is 2.17. The van der Waals surface area contributed by atoms with Crippen LogP contribution in [0, 0.1) is 0 Å². The molecule has 0 aliphatic heterocycles. The van der Waals surface area contributed by atoms with Gasteiger partial charge in [-0.1, -0.05) is 18.2 Å². The molecule has 1 saturated carbocycles. The molecule has 0 atom stereocenters. The summed E-state index contributed by atoms with van der Waals surface area (Å²) in [6.07, 6.45) is -0.321. The fraction of sp³-hybridized carbons (Fsp3) is 0.364. The van der Waals surface area contributed by atoms with Crippen molar-refractivity contribution in [1.29, 1.82) is 0 Å². The molecular formula is C11H11FO2. The van der Waals surface area contributed by atoms with E-state index in [-0.39, 0.29) is 12.1 Å². The molecule has 0 bridgehead atoms. The van der Waals surface area contributed by atoms with E-state index in [1.54, 1.807) is 24.3 Å². The third-order valence-corrected chi connectivity index (χ3v) is 2.32. The predicted octanol–water partition coefficient (Wildman–Crippen LogP) is 2.34. The van der Waals surface area contributed by atoms with Gasteiger partial charge in [-0.3, -0.25) is 0 Å². The first-order chi connectivity index (χ1) is 6.75. The molecule has 2 rings (SSSR count). The fourth-order valence-electron chi connectivity index (χ4n) is 1.39. The van der Waals surface area contributed by atoms with Crippen LogP contribution in [0.4, 0.5) is 4.39 Å².